The fourth-order valence-corrected chi connectivity index (χ4v) is 3.98. The smallest absolute Gasteiger partial charge is 0.494 e. The van der Waals surface area contributed by atoms with Crippen LogP contribution in [0.5, 0.6) is 11.6 Å². The van der Waals surface area contributed by atoms with E-state index in [2.05, 4.69) is 19.9 Å². The number of aliphatic imine (C=N–C) groups is 1. The van der Waals surface area contributed by atoms with Crippen LogP contribution >= 0.6 is 0 Å². The van der Waals surface area contributed by atoms with Crippen LogP contribution in [-0.2, 0) is 4.74 Å². The molecule has 1 amide bonds. The molecule has 4 rings (SSSR count). The summed E-state index contributed by atoms with van der Waals surface area (Å²) >= 11 is 0. The molecule has 0 bridgehead atoms. The molecule has 0 fully saturated rings. The number of ether oxygens (including phenoxy) is 2. The maximum Gasteiger partial charge on any atom is 0.513 e. The number of fused-ring (bicyclic) bond motifs is 1. The van der Waals surface area contributed by atoms with E-state index in [0.29, 0.717) is 40.0 Å². The first-order valence-electron chi connectivity index (χ1n) is 12.1. The number of rotatable bonds is 9. The monoisotopic (exact) mass is 514 g/mol. The molecule has 0 saturated carbocycles. The Hall–Kier alpha value is -4.63. The number of aromatic amines is 1. The van der Waals surface area contributed by atoms with Gasteiger partial charge in [-0.15, -0.1) is 0 Å². The lowest BCUT2D eigenvalue weighted by molar-refractivity contribution is 0.0952. The molecule has 3 aromatic carbocycles. The number of nitrogens with one attached hydrogen (secondary N) is 2. The predicted octanol–water partition coefficient (Wildman–Crippen LogP) is 4.87. The maximum absolute atomic E-state index is 12.5. The van der Waals surface area contributed by atoms with E-state index in [-0.39, 0.29) is 17.5 Å². The minimum Gasteiger partial charge on any atom is -0.494 e. The van der Waals surface area contributed by atoms with Gasteiger partial charge in [0.2, 0.25) is 0 Å². The molecule has 3 N–H and O–H groups in total. The Morgan fingerprint density at radius 2 is 1.74 bits per heavy atom. The Morgan fingerprint density at radius 1 is 1.00 bits per heavy atom. The highest BCUT2D eigenvalue weighted by molar-refractivity contribution is 6.22. The molecule has 4 aromatic rings. The van der Waals surface area contributed by atoms with E-state index in [9.17, 15) is 14.7 Å². The number of hydrogen-bond acceptors (Lipinski definition) is 7. The second-order valence-electron chi connectivity index (χ2n) is 8.90. The molecule has 1 heterocycles. The summed E-state index contributed by atoms with van der Waals surface area (Å²) in [6.45, 7) is 1.50. The zero-order valence-electron chi connectivity index (χ0n) is 21.5. The van der Waals surface area contributed by atoms with Gasteiger partial charge < -0.3 is 29.8 Å². The van der Waals surface area contributed by atoms with E-state index >= 15 is 0 Å². The van der Waals surface area contributed by atoms with Crippen molar-refractivity contribution in [2.24, 2.45) is 4.99 Å². The van der Waals surface area contributed by atoms with Gasteiger partial charge in [0, 0.05) is 29.1 Å². The van der Waals surface area contributed by atoms with Crippen LogP contribution in [0.3, 0.4) is 0 Å². The van der Waals surface area contributed by atoms with Crippen LogP contribution in [0.25, 0.3) is 10.9 Å². The molecule has 1 aromatic heterocycles. The Morgan fingerprint density at radius 3 is 2.42 bits per heavy atom. The first kappa shape index (κ1) is 26.4. The van der Waals surface area contributed by atoms with Crippen molar-refractivity contribution in [3.8, 4) is 11.6 Å². The van der Waals surface area contributed by atoms with E-state index in [1.165, 1.54) is 7.11 Å². The number of carbonyl (C=O) groups is 2. The molecule has 196 valence electrons. The number of hydrogen-bond donors (Lipinski definition) is 3. The van der Waals surface area contributed by atoms with Crippen molar-refractivity contribution in [2.75, 3.05) is 34.3 Å². The maximum atomic E-state index is 12.5. The zero-order chi connectivity index (χ0) is 27.1. The average Bonchev–Trinajstić information content (AvgIpc) is 3.24. The number of nitrogens with zero attached hydrogens (tertiary/aromatic N) is 2. The van der Waals surface area contributed by atoms with Gasteiger partial charge in [-0.05, 0) is 63.5 Å². The number of aromatic nitrogens is 1. The van der Waals surface area contributed by atoms with Crippen LogP contribution in [0.15, 0.2) is 77.8 Å². The van der Waals surface area contributed by atoms with Crippen molar-refractivity contribution in [2.45, 2.75) is 6.42 Å². The molecular formula is C29H30N4O5. The van der Waals surface area contributed by atoms with Crippen LogP contribution in [0.2, 0.25) is 0 Å². The first-order valence-corrected chi connectivity index (χ1v) is 12.1. The Balaban J connectivity index is 1.66. The van der Waals surface area contributed by atoms with Crippen molar-refractivity contribution in [1.29, 1.82) is 0 Å². The van der Waals surface area contributed by atoms with Gasteiger partial charge in [-0.3, -0.25) is 4.79 Å². The van der Waals surface area contributed by atoms with Gasteiger partial charge in [0.15, 0.2) is 5.88 Å². The Kier molecular flexibility index (Phi) is 8.40. The minimum atomic E-state index is -0.836. The molecule has 0 aliphatic heterocycles. The summed E-state index contributed by atoms with van der Waals surface area (Å²) in [4.78, 5) is 33.9. The van der Waals surface area contributed by atoms with Crippen LogP contribution < -0.4 is 10.1 Å². The van der Waals surface area contributed by atoms with Crippen molar-refractivity contribution >= 4 is 34.4 Å². The van der Waals surface area contributed by atoms with Crippen LogP contribution in [0, 0.1) is 0 Å². The highest BCUT2D eigenvalue weighted by Crippen LogP contribution is 2.33. The van der Waals surface area contributed by atoms with Crippen molar-refractivity contribution < 1.29 is 24.2 Å². The van der Waals surface area contributed by atoms with Gasteiger partial charge in [-0.25, -0.2) is 9.79 Å². The molecule has 0 aliphatic rings. The van der Waals surface area contributed by atoms with E-state index in [4.69, 9.17) is 9.73 Å². The third-order valence-electron chi connectivity index (χ3n) is 5.84. The molecule has 0 aliphatic carbocycles. The summed E-state index contributed by atoms with van der Waals surface area (Å²) in [6.07, 6.45) is 0.0315. The molecule has 0 unspecified atom stereocenters. The highest BCUT2D eigenvalue weighted by atomic mass is 16.7. The topological polar surface area (TPSA) is 116 Å². The van der Waals surface area contributed by atoms with E-state index in [1.807, 2.05) is 44.4 Å². The summed E-state index contributed by atoms with van der Waals surface area (Å²) in [7, 11) is 5.22. The van der Waals surface area contributed by atoms with Gasteiger partial charge in [-0.2, -0.15) is 0 Å². The predicted molar refractivity (Wildman–Crippen MR) is 147 cm³/mol. The summed E-state index contributed by atoms with van der Waals surface area (Å²) in [5, 5.41) is 14.5. The third-order valence-corrected chi connectivity index (χ3v) is 5.84. The SMILES string of the molecule is COC(=O)Oc1ccc2c(C(=Nc3ccc(C(=O)NCCCN(C)C)cc3)c3ccccc3)c(O)[nH]c2c1. The lowest BCUT2D eigenvalue weighted by Gasteiger charge is -2.10. The highest BCUT2D eigenvalue weighted by Gasteiger charge is 2.19. The number of aromatic hydroxyl groups is 1. The van der Waals surface area contributed by atoms with Gasteiger partial charge >= 0.3 is 6.16 Å². The van der Waals surface area contributed by atoms with Crippen molar-refractivity contribution in [3.63, 3.8) is 0 Å². The second-order valence-corrected chi connectivity index (χ2v) is 8.90. The fraction of sp³-hybridized carbons (Fsp3) is 0.207. The van der Waals surface area contributed by atoms with Crippen LogP contribution in [0.1, 0.15) is 27.9 Å². The van der Waals surface area contributed by atoms with E-state index < -0.39 is 6.16 Å². The molecule has 0 radical (unpaired) electrons. The molecule has 0 atom stereocenters. The van der Waals surface area contributed by atoms with Gasteiger partial charge in [0.05, 0.1) is 29.6 Å². The Labute approximate surface area is 220 Å². The lowest BCUT2D eigenvalue weighted by atomic mass is 10.0. The van der Waals surface area contributed by atoms with Crippen molar-refractivity contribution in [1.82, 2.24) is 15.2 Å². The zero-order valence-corrected chi connectivity index (χ0v) is 21.5. The fourth-order valence-electron chi connectivity index (χ4n) is 3.98. The number of H-pyrrole nitrogens is 1. The molecule has 0 saturated heterocycles. The first-order chi connectivity index (χ1) is 18.4. The average molecular weight is 515 g/mol. The largest absolute Gasteiger partial charge is 0.513 e. The molecule has 38 heavy (non-hydrogen) atoms. The lowest BCUT2D eigenvalue weighted by Crippen LogP contribution is -2.27. The quantitative estimate of drug-likeness (QED) is 0.127. The Bertz CT molecular complexity index is 1440. The minimum absolute atomic E-state index is 0.0773. The van der Waals surface area contributed by atoms with Crippen molar-refractivity contribution in [3.05, 3.63) is 89.5 Å². The number of carbonyl (C=O) groups excluding carboxylic acids is 2. The third kappa shape index (κ3) is 6.37. The molecular weight excluding hydrogens is 484 g/mol. The van der Waals surface area contributed by atoms with Crippen LogP contribution in [0.4, 0.5) is 10.5 Å². The number of benzene rings is 3. The van der Waals surface area contributed by atoms with Crippen LogP contribution in [-0.4, -0.2) is 67.1 Å². The normalized spacial score (nSPS) is 11.5. The van der Waals surface area contributed by atoms with Gasteiger partial charge in [0.25, 0.3) is 5.91 Å². The standard InChI is InChI=1S/C29H30N4O5/c1-33(2)17-7-16-30-27(34)20-10-12-21(13-11-20)31-26(19-8-5-4-6-9-19)25-23-15-14-22(38-29(36)37-3)18-24(23)32-28(25)35/h4-6,8-15,18,32,35H,7,16-17H2,1-3H3,(H,30,34). The summed E-state index contributed by atoms with van der Waals surface area (Å²) < 4.78 is 9.65. The van der Waals surface area contributed by atoms with E-state index in [0.717, 1.165) is 18.5 Å². The summed E-state index contributed by atoms with van der Waals surface area (Å²) in [5.74, 6) is 0.0549. The van der Waals surface area contributed by atoms with Gasteiger partial charge in [-0.1, -0.05) is 30.3 Å². The summed E-state index contributed by atoms with van der Waals surface area (Å²) in [5.41, 5.74) is 3.55. The second kappa shape index (κ2) is 12.1. The number of amides is 1. The molecule has 9 nitrogen and oxygen atoms in total. The number of methoxy groups -OCH3 is 1. The molecule has 0 spiro atoms. The van der Waals surface area contributed by atoms with Gasteiger partial charge in [0.1, 0.15) is 5.75 Å². The molecule has 9 heteroatoms. The van der Waals surface area contributed by atoms with E-state index in [1.54, 1.807) is 42.5 Å². The summed E-state index contributed by atoms with van der Waals surface area (Å²) in [6, 6.07) is 21.4.